The number of hydrogen-bond donors (Lipinski definition) is 2. The van der Waals surface area contributed by atoms with Gasteiger partial charge in [0.1, 0.15) is 0 Å². The van der Waals surface area contributed by atoms with Gasteiger partial charge in [0.25, 0.3) is 0 Å². The lowest BCUT2D eigenvalue weighted by Gasteiger charge is -1.99. The summed E-state index contributed by atoms with van der Waals surface area (Å²) in [5, 5.41) is 17.2. The molecule has 0 aliphatic carbocycles. The summed E-state index contributed by atoms with van der Waals surface area (Å²) in [6, 6.07) is 3.99. The second-order valence-corrected chi connectivity index (χ2v) is 5.19. The maximum Gasteiger partial charge on any atom is 0.335 e. The monoisotopic (exact) mass is 306 g/mol. The molecule has 122 valence electrons. The highest BCUT2D eigenvalue weighted by atomic mass is 16.4. The van der Waals surface area contributed by atoms with Gasteiger partial charge in [-0.3, -0.25) is 0 Å². The molecule has 2 N–H and O–H groups in total. The second-order valence-electron chi connectivity index (χ2n) is 5.19. The summed E-state index contributed by atoms with van der Waals surface area (Å²) in [4.78, 5) is 21.1. The summed E-state index contributed by atoms with van der Waals surface area (Å²) < 4.78 is 0. The summed E-state index contributed by atoms with van der Waals surface area (Å²) in [5.41, 5.74) is 0.618. The fourth-order valence-corrected chi connectivity index (χ4v) is 1.92. The van der Waals surface area contributed by atoms with Crippen molar-refractivity contribution in [3.63, 3.8) is 0 Å². The molecule has 0 aliphatic rings. The van der Waals surface area contributed by atoms with Crippen LogP contribution in [0.1, 0.15) is 71.7 Å². The van der Waals surface area contributed by atoms with E-state index >= 15 is 0 Å². The maximum absolute atomic E-state index is 10.5. The lowest BCUT2D eigenvalue weighted by atomic mass is 10.1. The molecular weight excluding hydrogens is 280 g/mol. The first kappa shape index (κ1) is 19.9. The Hall–Kier alpha value is -2.10. The standard InChI is InChI=1S/C9H8O4.C9H18/c1-5-2-6(8(10)11)4-7(3-5)9(12)13;1-3-5-7-9-8-6-4-2/h2-4H,1H3,(H,10,11)(H,12,13);3H,1,4-9H2,2H3. The van der Waals surface area contributed by atoms with Crippen LogP contribution in [0.25, 0.3) is 0 Å². The van der Waals surface area contributed by atoms with E-state index in [2.05, 4.69) is 13.5 Å². The summed E-state index contributed by atoms with van der Waals surface area (Å²) >= 11 is 0. The summed E-state index contributed by atoms with van der Waals surface area (Å²) in [6.07, 6.45) is 10.1. The van der Waals surface area contributed by atoms with Crippen molar-refractivity contribution in [1.82, 2.24) is 0 Å². The Morgan fingerprint density at radius 3 is 1.91 bits per heavy atom. The molecule has 1 aromatic rings. The van der Waals surface area contributed by atoms with Crippen LogP contribution in [0.4, 0.5) is 0 Å². The molecule has 4 nitrogen and oxygen atoms in total. The highest BCUT2D eigenvalue weighted by molar-refractivity contribution is 5.94. The molecule has 0 amide bonds. The van der Waals surface area contributed by atoms with Crippen molar-refractivity contribution in [3.05, 3.63) is 47.5 Å². The lowest BCUT2D eigenvalue weighted by Crippen LogP contribution is -2.02. The Balaban J connectivity index is 0.000000433. The van der Waals surface area contributed by atoms with Crippen molar-refractivity contribution < 1.29 is 19.8 Å². The second kappa shape index (κ2) is 11.5. The zero-order valence-corrected chi connectivity index (χ0v) is 13.5. The number of carboxylic acids is 2. The van der Waals surface area contributed by atoms with Gasteiger partial charge in [-0.1, -0.05) is 38.7 Å². The molecule has 0 saturated heterocycles. The molecule has 0 unspecified atom stereocenters. The number of benzene rings is 1. The van der Waals surface area contributed by atoms with Crippen LogP contribution in [-0.2, 0) is 0 Å². The van der Waals surface area contributed by atoms with Gasteiger partial charge in [-0.05, 0) is 43.5 Å². The molecule has 0 radical (unpaired) electrons. The molecule has 4 heteroatoms. The molecule has 0 saturated carbocycles. The van der Waals surface area contributed by atoms with Crippen LogP contribution in [0, 0.1) is 6.92 Å². The van der Waals surface area contributed by atoms with Gasteiger partial charge >= 0.3 is 11.9 Å². The van der Waals surface area contributed by atoms with Crippen LogP contribution < -0.4 is 0 Å². The van der Waals surface area contributed by atoms with E-state index in [4.69, 9.17) is 10.2 Å². The van der Waals surface area contributed by atoms with E-state index in [9.17, 15) is 9.59 Å². The Bertz CT molecular complexity index is 460. The van der Waals surface area contributed by atoms with Gasteiger partial charge in [0, 0.05) is 0 Å². The minimum absolute atomic E-state index is 0.00241. The van der Waals surface area contributed by atoms with Gasteiger partial charge in [-0.15, -0.1) is 6.58 Å². The lowest BCUT2D eigenvalue weighted by molar-refractivity contribution is 0.0696. The fraction of sp³-hybridized carbons (Fsp3) is 0.444. The van der Waals surface area contributed by atoms with Crippen LogP contribution in [0.3, 0.4) is 0 Å². The van der Waals surface area contributed by atoms with Gasteiger partial charge in [-0.25, -0.2) is 9.59 Å². The smallest absolute Gasteiger partial charge is 0.335 e. The molecule has 0 aromatic heterocycles. The summed E-state index contributed by atoms with van der Waals surface area (Å²) in [6.45, 7) is 7.57. The molecular formula is C18H26O4. The SMILES string of the molecule is C=CCCCCCCC.Cc1cc(C(=O)O)cc(C(=O)O)c1. The van der Waals surface area contributed by atoms with Crippen molar-refractivity contribution in [2.24, 2.45) is 0 Å². The van der Waals surface area contributed by atoms with Crippen LogP contribution in [0.5, 0.6) is 0 Å². The van der Waals surface area contributed by atoms with Gasteiger partial charge in [0.2, 0.25) is 0 Å². The number of carbonyl (C=O) groups is 2. The maximum atomic E-state index is 10.5. The number of hydrogen-bond acceptors (Lipinski definition) is 2. The molecule has 0 heterocycles. The Morgan fingerprint density at radius 2 is 1.50 bits per heavy atom. The number of rotatable bonds is 8. The molecule has 0 aliphatic heterocycles. The van der Waals surface area contributed by atoms with Gasteiger partial charge < -0.3 is 10.2 Å². The van der Waals surface area contributed by atoms with E-state index in [1.165, 1.54) is 50.7 Å². The zero-order chi connectivity index (χ0) is 17.0. The number of unbranched alkanes of at least 4 members (excludes halogenated alkanes) is 5. The molecule has 0 spiro atoms. The molecule has 1 rings (SSSR count). The Labute approximate surface area is 132 Å². The van der Waals surface area contributed by atoms with Crippen LogP contribution in [0.2, 0.25) is 0 Å². The predicted molar refractivity (Wildman–Crippen MR) is 88.7 cm³/mol. The van der Waals surface area contributed by atoms with Crippen molar-refractivity contribution in [2.45, 2.75) is 52.4 Å². The molecule has 0 atom stereocenters. The van der Waals surface area contributed by atoms with Crippen molar-refractivity contribution >= 4 is 11.9 Å². The first-order valence-corrected chi connectivity index (χ1v) is 7.61. The van der Waals surface area contributed by atoms with E-state index in [1.54, 1.807) is 6.92 Å². The third-order valence-corrected chi connectivity index (χ3v) is 3.08. The first-order chi connectivity index (χ1) is 10.4. The zero-order valence-electron chi connectivity index (χ0n) is 13.5. The van der Waals surface area contributed by atoms with Crippen molar-refractivity contribution in [3.8, 4) is 0 Å². The predicted octanol–water partition coefficient (Wildman–Crippen LogP) is 4.92. The van der Waals surface area contributed by atoms with Gasteiger partial charge in [-0.2, -0.15) is 0 Å². The minimum atomic E-state index is -1.12. The van der Waals surface area contributed by atoms with Crippen LogP contribution in [-0.4, -0.2) is 22.2 Å². The average Bonchev–Trinajstić information content (AvgIpc) is 2.47. The van der Waals surface area contributed by atoms with E-state index in [1.807, 2.05) is 6.08 Å². The first-order valence-electron chi connectivity index (χ1n) is 7.61. The van der Waals surface area contributed by atoms with Crippen molar-refractivity contribution in [1.29, 1.82) is 0 Å². The normalized spacial score (nSPS) is 9.55. The Kier molecular flexibility index (Phi) is 10.4. The van der Waals surface area contributed by atoms with E-state index in [-0.39, 0.29) is 11.1 Å². The van der Waals surface area contributed by atoms with Crippen LogP contribution >= 0.6 is 0 Å². The van der Waals surface area contributed by atoms with Crippen LogP contribution in [0.15, 0.2) is 30.9 Å². The molecule has 0 fully saturated rings. The number of aryl methyl sites for hydroxylation is 1. The third kappa shape index (κ3) is 8.95. The topological polar surface area (TPSA) is 74.6 Å². The van der Waals surface area contributed by atoms with Crippen molar-refractivity contribution in [2.75, 3.05) is 0 Å². The third-order valence-electron chi connectivity index (χ3n) is 3.08. The summed E-state index contributed by atoms with van der Waals surface area (Å²) in [5.74, 6) is -2.24. The highest BCUT2D eigenvalue weighted by Crippen LogP contribution is 2.09. The number of aromatic carboxylic acids is 2. The number of carboxylic acid groups (broad SMARTS) is 2. The highest BCUT2D eigenvalue weighted by Gasteiger charge is 2.09. The fourth-order valence-electron chi connectivity index (χ4n) is 1.92. The summed E-state index contributed by atoms with van der Waals surface area (Å²) in [7, 11) is 0. The van der Waals surface area contributed by atoms with Gasteiger partial charge in [0.05, 0.1) is 11.1 Å². The largest absolute Gasteiger partial charge is 0.478 e. The minimum Gasteiger partial charge on any atom is -0.478 e. The molecule has 0 bridgehead atoms. The quantitative estimate of drug-likeness (QED) is 0.528. The average molecular weight is 306 g/mol. The van der Waals surface area contributed by atoms with E-state index in [0.717, 1.165) is 6.07 Å². The van der Waals surface area contributed by atoms with E-state index in [0.29, 0.717) is 5.56 Å². The van der Waals surface area contributed by atoms with Gasteiger partial charge in [0.15, 0.2) is 0 Å². The van der Waals surface area contributed by atoms with E-state index < -0.39 is 11.9 Å². The number of allylic oxidation sites excluding steroid dienone is 1. The Morgan fingerprint density at radius 1 is 1.00 bits per heavy atom. The molecule has 22 heavy (non-hydrogen) atoms. The molecule has 1 aromatic carbocycles.